The van der Waals surface area contributed by atoms with Crippen molar-refractivity contribution in [2.45, 2.75) is 77.7 Å². The van der Waals surface area contributed by atoms with Gasteiger partial charge in [-0.1, -0.05) is 13.8 Å². The number of hydrogen-bond acceptors (Lipinski definition) is 7. The van der Waals surface area contributed by atoms with Crippen molar-refractivity contribution in [2.24, 2.45) is 39.6 Å². The van der Waals surface area contributed by atoms with E-state index in [0.717, 1.165) is 56.7 Å². The van der Waals surface area contributed by atoms with Gasteiger partial charge in [-0.2, -0.15) is 5.10 Å². The van der Waals surface area contributed by atoms with Gasteiger partial charge in [0.2, 0.25) is 0 Å². The van der Waals surface area contributed by atoms with Gasteiger partial charge in [0, 0.05) is 17.2 Å². The van der Waals surface area contributed by atoms with Crippen molar-refractivity contribution in [2.75, 3.05) is 5.43 Å². The normalized spacial score (nSPS) is 40.2. The zero-order valence-corrected chi connectivity index (χ0v) is 19.9. The summed E-state index contributed by atoms with van der Waals surface area (Å²) < 4.78 is 0. The number of non-ortho nitro benzene ring substituents is 1. The molecule has 4 aliphatic rings. The van der Waals surface area contributed by atoms with E-state index in [9.17, 15) is 25.3 Å². The molecule has 184 valence electrons. The van der Waals surface area contributed by atoms with Gasteiger partial charge in [-0.25, -0.2) is 0 Å². The number of aliphatic hydroxyl groups is 1. The second-order valence-electron chi connectivity index (χ2n) is 11.5. The number of nitro benzene ring substituents is 2. The minimum Gasteiger partial charge on any atom is -0.393 e. The molecule has 1 aromatic carbocycles. The van der Waals surface area contributed by atoms with Crippen LogP contribution in [0.15, 0.2) is 23.3 Å². The maximum Gasteiger partial charge on any atom is 0.301 e. The van der Waals surface area contributed by atoms with Crippen LogP contribution in [0.5, 0.6) is 0 Å². The Balaban J connectivity index is 1.37. The number of fused-ring (bicyclic) bond motifs is 5. The Hall–Kier alpha value is -2.55. The van der Waals surface area contributed by atoms with Crippen molar-refractivity contribution in [3.8, 4) is 0 Å². The van der Waals surface area contributed by atoms with Crippen molar-refractivity contribution in [1.82, 2.24) is 0 Å². The highest BCUT2D eigenvalue weighted by atomic mass is 16.6. The van der Waals surface area contributed by atoms with E-state index in [0.29, 0.717) is 29.1 Å². The molecule has 7 atom stereocenters. The summed E-state index contributed by atoms with van der Waals surface area (Å²) >= 11 is 0. The minimum absolute atomic E-state index is 0.0267. The van der Waals surface area contributed by atoms with E-state index >= 15 is 0 Å². The minimum atomic E-state index is -0.633. The molecule has 5 rings (SSSR count). The average Bonchev–Trinajstić information content (AvgIpc) is 3.14. The first-order valence-electron chi connectivity index (χ1n) is 12.6. The number of hydrogen-bond donors (Lipinski definition) is 2. The summed E-state index contributed by atoms with van der Waals surface area (Å²) in [5.41, 5.74) is 3.77. The number of rotatable bonds is 4. The standard InChI is InChI=1S/C25H34N4O5/c1-24-11-9-17(30)13-15(24)3-5-18-19-6-8-23(25(19,2)12-10-20(18)24)27-26-21-7-4-16(28(31)32)14-22(21)29(33)34/h4,7,14-15,17-20,26,30H,3,5-6,8-13H2,1-2H3/b27-23+. The molecule has 9 nitrogen and oxygen atoms in total. The van der Waals surface area contributed by atoms with E-state index in [-0.39, 0.29) is 28.6 Å². The van der Waals surface area contributed by atoms with E-state index in [1.54, 1.807) is 0 Å². The highest BCUT2D eigenvalue weighted by Crippen LogP contribution is 2.65. The van der Waals surface area contributed by atoms with E-state index < -0.39 is 9.85 Å². The number of aliphatic hydroxyl groups excluding tert-OH is 1. The Morgan fingerprint density at radius 1 is 1.03 bits per heavy atom. The van der Waals surface area contributed by atoms with E-state index in [1.807, 2.05) is 0 Å². The Morgan fingerprint density at radius 2 is 1.82 bits per heavy atom. The lowest BCUT2D eigenvalue weighted by atomic mass is 9.45. The van der Waals surface area contributed by atoms with Gasteiger partial charge in [0.15, 0.2) is 0 Å². The van der Waals surface area contributed by atoms with Crippen molar-refractivity contribution >= 4 is 22.8 Å². The maximum absolute atomic E-state index is 11.5. The first-order chi connectivity index (χ1) is 16.1. The number of nitrogens with zero attached hydrogens (tertiary/aromatic N) is 3. The molecule has 2 N–H and O–H groups in total. The molecule has 0 radical (unpaired) electrons. The molecular weight excluding hydrogens is 436 g/mol. The highest BCUT2D eigenvalue weighted by molar-refractivity contribution is 5.93. The quantitative estimate of drug-likeness (QED) is 0.430. The van der Waals surface area contributed by atoms with Crippen LogP contribution in [-0.2, 0) is 0 Å². The Labute approximate surface area is 199 Å². The molecule has 4 aliphatic carbocycles. The molecule has 0 aliphatic heterocycles. The molecule has 0 saturated heterocycles. The van der Waals surface area contributed by atoms with Crippen molar-refractivity contribution in [3.05, 3.63) is 38.4 Å². The first kappa shape index (κ1) is 23.2. The summed E-state index contributed by atoms with van der Waals surface area (Å²) in [6, 6.07) is 3.61. The van der Waals surface area contributed by atoms with Crippen LogP contribution in [0, 0.1) is 54.7 Å². The fourth-order valence-electron chi connectivity index (χ4n) is 8.21. The molecule has 4 saturated carbocycles. The summed E-state index contributed by atoms with van der Waals surface area (Å²) in [7, 11) is 0. The van der Waals surface area contributed by atoms with Gasteiger partial charge in [0.1, 0.15) is 5.69 Å². The van der Waals surface area contributed by atoms with Crippen LogP contribution in [-0.4, -0.2) is 26.8 Å². The van der Waals surface area contributed by atoms with Gasteiger partial charge in [0.05, 0.1) is 22.0 Å². The largest absolute Gasteiger partial charge is 0.393 e. The fourth-order valence-corrected chi connectivity index (χ4v) is 8.21. The lowest BCUT2D eigenvalue weighted by Gasteiger charge is -2.60. The van der Waals surface area contributed by atoms with E-state index in [2.05, 4.69) is 24.4 Å². The topological polar surface area (TPSA) is 131 Å². The van der Waals surface area contributed by atoms with Crippen LogP contribution in [0.1, 0.15) is 71.6 Å². The van der Waals surface area contributed by atoms with Crippen molar-refractivity contribution < 1.29 is 15.0 Å². The molecular formula is C25H34N4O5. The summed E-state index contributed by atoms with van der Waals surface area (Å²) in [4.78, 5) is 21.3. The van der Waals surface area contributed by atoms with Gasteiger partial charge in [0.25, 0.3) is 5.69 Å². The van der Waals surface area contributed by atoms with Crippen LogP contribution in [0.2, 0.25) is 0 Å². The summed E-state index contributed by atoms with van der Waals surface area (Å²) in [6.45, 7) is 4.78. The molecule has 0 aromatic heterocycles. The predicted molar refractivity (Wildman–Crippen MR) is 129 cm³/mol. The molecule has 7 unspecified atom stereocenters. The smallest absolute Gasteiger partial charge is 0.301 e. The Kier molecular flexibility index (Phi) is 5.66. The third-order valence-electron chi connectivity index (χ3n) is 10.1. The third-order valence-corrected chi connectivity index (χ3v) is 10.1. The number of hydrazone groups is 1. The number of nitrogens with one attached hydrogen (secondary N) is 1. The Morgan fingerprint density at radius 3 is 2.56 bits per heavy atom. The molecule has 1 aromatic rings. The lowest BCUT2D eigenvalue weighted by Crippen LogP contribution is -2.54. The monoisotopic (exact) mass is 470 g/mol. The maximum atomic E-state index is 11.5. The number of nitro groups is 2. The van der Waals surface area contributed by atoms with Gasteiger partial charge in [-0.15, -0.1) is 0 Å². The molecule has 4 fully saturated rings. The van der Waals surface area contributed by atoms with Crippen molar-refractivity contribution in [1.29, 1.82) is 0 Å². The SMILES string of the molecule is CC12CCC3C(CCC4CC(O)CCC43C)C1CC/C2=N\Nc1ccc([N+](=O)[O-])cc1[N+](=O)[O-]. The molecule has 0 spiro atoms. The van der Waals surface area contributed by atoms with Gasteiger partial charge >= 0.3 is 5.69 Å². The average molecular weight is 471 g/mol. The van der Waals surface area contributed by atoms with Crippen LogP contribution in [0.3, 0.4) is 0 Å². The highest BCUT2D eigenvalue weighted by Gasteiger charge is 2.59. The number of benzene rings is 1. The molecule has 9 heteroatoms. The van der Waals surface area contributed by atoms with E-state index in [1.165, 1.54) is 25.0 Å². The number of anilines is 1. The predicted octanol–water partition coefficient (Wildman–Crippen LogP) is 5.67. The van der Waals surface area contributed by atoms with Gasteiger partial charge < -0.3 is 5.11 Å². The Bertz CT molecular complexity index is 1040. The molecule has 0 bridgehead atoms. The van der Waals surface area contributed by atoms with Gasteiger partial charge in [-0.05, 0) is 92.9 Å². The third kappa shape index (κ3) is 3.59. The lowest BCUT2D eigenvalue weighted by molar-refractivity contribution is -0.393. The molecule has 0 amide bonds. The van der Waals surface area contributed by atoms with Crippen LogP contribution in [0.25, 0.3) is 0 Å². The fraction of sp³-hybridized carbons (Fsp3) is 0.720. The van der Waals surface area contributed by atoms with Crippen molar-refractivity contribution in [3.63, 3.8) is 0 Å². The second-order valence-corrected chi connectivity index (χ2v) is 11.5. The van der Waals surface area contributed by atoms with Gasteiger partial charge in [-0.3, -0.25) is 25.7 Å². The van der Waals surface area contributed by atoms with E-state index in [4.69, 9.17) is 0 Å². The van der Waals surface area contributed by atoms with Crippen LogP contribution in [0.4, 0.5) is 17.1 Å². The first-order valence-corrected chi connectivity index (χ1v) is 12.6. The summed E-state index contributed by atoms with van der Waals surface area (Å²) in [5, 5.41) is 37.4. The second kappa shape index (κ2) is 8.29. The zero-order chi connectivity index (χ0) is 24.3. The molecule has 0 heterocycles. The molecule has 34 heavy (non-hydrogen) atoms. The zero-order valence-electron chi connectivity index (χ0n) is 19.9. The van der Waals surface area contributed by atoms with Crippen LogP contribution < -0.4 is 5.43 Å². The summed E-state index contributed by atoms with van der Waals surface area (Å²) in [6.07, 6.45) is 9.45. The van der Waals surface area contributed by atoms with Crippen LogP contribution >= 0.6 is 0 Å². The summed E-state index contributed by atoms with van der Waals surface area (Å²) in [5.74, 6) is 2.54.